The molecule has 2 amide bonds. The molecule has 0 radical (unpaired) electrons. The molecular weight excluding hydrogens is 884 g/mol. The molecule has 0 unspecified atom stereocenters. The van der Waals surface area contributed by atoms with Crippen molar-refractivity contribution in [1.29, 1.82) is 0 Å². The molecule has 0 aromatic heterocycles. The monoisotopic (exact) mass is 906 g/mol. The molecule has 0 spiro atoms. The zero-order valence-electron chi connectivity index (χ0n) is 30.4. The summed E-state index contributed by atoms with van der Waals surface area (Å²) in [5, 5.41) is 45.0. The van der Waals surface area contributed by atoms with Crippen LogP contribution < -0.4 is 10.6 Å². The first-order valence-corrected chi connectivity index (χ1v) is 19.9. The highest BCUT2D eigenvalue weighted by atomic mass is 35.5. The van der Waals surface area contributed by atoms with Crippen LogP contribution in [0.1, 0.15) is 26.3 Å². The van der Waals surface area contributed by atoms with E-state index in [2.05, 4.69) is 31.1 Å². The first kappa shape index (κ1) is 42.5. The topological polar surface area (TPSA) is 202 Å². The number of azo groups is 2. The third-order valence-corrected chi connectivity index (χ3v) is 10.8. The molecule has 61 heavy (non-hydrogen) atoms. The highest BCUT2D eigenvalue weighted by Crippen LogP contribution is 2.43. The van der Waals surface area contributed by atoms with Crippen LogP contribution in [0.4, 0.5) is 47.3 Å². The highest BCUT2D eigenvalue weighted by Gasteiger charge is 2.31. The molecule has 0 fully saturated rings. The summed E-state index contributed by atoms with van der Waals surface area (Å²) in [5.74, 6) is -2.98. The molecule has 7 aromatic carbocycles. The van der Waals surface area contributed by atoms with Crippen LogP contribution in [0.25, 0.3) is 21.5 Å². The number of halogens is 6. The van der Waals surface area contributed by atoms with Gasteiger partial charge in [-0.05, 0) is 77.5 Å². The Morgan fingerprint density at radius 1 is 0.590 bits per heavy atom. The minimum Gasteiger partial charge on any atom is -0.505 e. The second kappa shape index (κ2) is 16.8. The smallest absolute Gasteiger partial charge is 0.416 e. The van der Waals surface area contributed by atoms with E-state index in [9.17, 15) is 45.9 Å². The second-order valence-corrected chi connectivity index (χ2v) is 15.6. The molecule has 13 nitrogen and oxygen atoms in total. The van der Waals surface area contributed by atoms with Crippen molar-refractivity contribution < 1.29 is 45.9 Å². The van der Waals surface area contributed by atoms with Crippen molar-refractivity contribution in [3.63, 3.8) is 0 Å². The average Bonchev–Trinajstić information content (AvgIpc) is 3.21. The molecule has 7 rings (SSSR count). The molecular formula is C41H24Cl3F3N6O7S. The van der Waals surface area contributed by atoms with E-state index in [0.29, 0.717) is 27.6 Å². The summed E-state index contributed by atoms with van der Waals surface area (Å²) in [6.45, 7) is 0. The Kier molecular flexibility index (Phi) is 11.7. The number of rotatable bonds is 9. The fourth-order valence-electron chi connectivity index (χ4n) is 5.96. The summed E-state index contributed by atoms with van der Waals surface area (Å²) in [7, 11) is -4.45. The zero-order valence-corrected chi connectivity index (χ0v) is 33.5. The van der Waals surface area contributed by atoms with Gasteiger partial charge >= 0.3 is 6.18 Å². The molecule has 0 aliphatic heterocycles. The van der Waals surface area contributed by atoms with Crippen LogP contribution in [-0.2, 0) is 16.3 Å². The van der Waals surface area contributed by atoms with Crippen LogP contribution in [0.15, 0.2) is 141 Å². The molecule has 0 aliphatic rings. The summed E-state index contributed by atoms with van der Waals surface area (Å²) in [4.78, 5) is 26.9. The molecule has 0 atom stereocenters. The van der Waals surface area contributed by atoms with Crippen LogP contribution in [-0.4, -0.2) is 35.0 Å². The Hall–Kier alpha value is -6.63. The molecule has 0 heterocycles. The van der Waals surface area contributed by atoms with Gasteiger partial charge in [0.05, 0.1) is 53.7 Å². The fourth-order valence-corrected chi connectivity index (χ4v) is 7.02. The van der Waals surface area contributed by atoms with E-state index in [1.165, 1.54) is 36.4 Å². The van der Waals surface area contributed by atoms with Gasteiger partial charge in [0.1, 0.15) is 17.1 Å². The lowest BCUT2D eigenvalue weighted by Gasteiger charge is -2.15. The second-order valence-electron chi connectivity index (χ2n) is 12.9. The first-order valence-electron chi connectivity index (χ1n) is 17.3. The van der Waals surface area contributed by atoms with Gasteiger partial charge in [-0.25, -0.2) is 0 Å². The summed E-state index contributed by atoms with van der Waals surface area (Å²) in [6.07, 6.45) is -4.69. The quantitative estimate of drug-likeness (QED) is 0.0700. The Morgan fingerprint density at radius 2 is 1.07 bits per heavy atom. The third-order valence-electron chi connectivity index (χ3n) is 8.96. The maximum atomic E-state index is 13.7. The van der Waals surface area contributed by atoms with Crippen LogP contribution in [0.5, 0.6) is 11.5 Å². The van der Waals surface area contributed by atoms with Crippen LogP contribution in [0, 0.1) is 0 Å². The van der Waals surface area contributed by atoms with Crippen molar-refractivity contribution in [2.24, 2.45) is 20.5 Å². The van der Waals surface area contributed by atoms with Crippen LogP contribution in [0.3, 0.4) is 0 Å². The number of carbonyl (C=O) groups excluding carboxylic acids is 2. The molecule has 0 aliphatic carbocycles. The van der Waals surface area contributed by atoms with Gasteiger partial charge < -0.3 is 20.8 Å². The zero-order chi connectivity index (χ0) is 43.8. The number of fused-ring (bicyclic) bond motifs is 2. The van der Waals surface area contributed by atoms with Crippen LogP contribution >= 0.6 is 34.8 Å². The Morgan fingerprint density at radius 3 is 1.54 bits per heavy atom. The average molecular weight is 908 g/mol. The number of benzene rings is 7. The SMILES string of the molecule is O=C(Nc1cc(Cl)c(NC(=O)c2cc3ccccc3c(N=Nc3cc(C(F)(F)F)ccc3Cl)c2O)cc1Cl)c1cc2ccccc2c(N=Nc2ccc(S(=O)(=O)O)cc2)c1O. The van der Waals surface area contributed by atoms with E-state index in [-0.39, 0.29) is 65.2 Å². The minimum atomic E-state index is -4.69. The van der Waals surface area contributed by atoms with Crippen molar-refractivity contribution >= 4 is 112 Å². The van der Waals surface area contributed by atoms with Crippen molar-refractivity contribution in [1.82, 2.24) is 0 Å². The van der Waals surface area contributed by atoms with Gasteiger partial charge in [0.15, 0.2) is 11.5 Å². The van der Waals surface area contributed by atoms with E-state index >= 15 is 0 Å². The molecule has 20 heteroatoms. The van der Waals surface area contributed by atoms with Gasteiger partial charge in [-0.15, -0.1) is 15.3 Å². The summed E-state index contributed by atoms with van der Waals surface area (Å²) < 4.78 is 72.2. The molecule has 5 N–H and O–H groups in total. The number of hydrogen-bond acceptors (Lipinski definition) is 10. The van der Waals surface area contributed by atoms with Crippen molar-refractivity contribution in [2.45, 2.75) is 11.1 Å². The molecule has 308 valence electrons. The standard InChI is InChI=1S/C41H24Cl3F3N6O7S/c42-29-14-9-22(41(45,46)47)17-34(29)51-53-36-26-8-4-2-6-21(26)16-28(38(36)55)40(57)49-33-19-30(43)32(18-31(33)44)48-39(56)27-15-20-5-1-3-7-25(20)35(37(27)54)52-50-23-10-12-24(13-11-23)61(58,59)60/h1-19,54-55H,(H,48,56)(H,49,57)(H,58,59,60). The lowest BCUT2D eigenvalue weighted by molar-refractivity contribution is -0.137. The van der Waals surface area contributed by atoms with Crippen molar-refractivity contribution in [3.05, 3.63) is 147 Å². The van der Waals surface area contributed by atoms with E-state index < -0.39 is 45.2 Å². The van der Waals surface area contributed by atoms with E-state index in [4.69, 9.17) is 34.8 Å². The van der Waals surface area contributed by atoms with Gasteiger partial charge in [0.2, 0.25) is 0 Å². The predicted molar refractivity (Wildman–Crippen MR) is 225 cm³/mol. The number of aromatic hydroxyl groups is 2. The number of hydrogen-bond donors (Lipinski definition) is 5. The maximum absolute atomic E-state index is 13.7. The largest absolute Gasteiger partial charge is 0.505 e. The number of carbonyl (C=O) groups is 2. The molecule has 0 bridgehead atoms. The van der Waals surface area contributed by atoms with Gasteiger partial charge in [-0.3, -0.25) is 14.1 Å². The first-order chi connectivity index (χ1) is 28.9. The van der Waals surface area contributed by atoms with E-state index in [1.54, 1.807) is 48.5 Å². The number of amides is 2. The number of phenols is 2. The van der Waals surface area contributed by atoms with E-state index in [0.717, 1.165) is 24.3 Å². The lowest BCUT2D eigenvalue weighted by Crippen LogP contribution is -2.14. The Bertz CT molecular complexity index is 3120. The third kappa shape index (κ3) is 9.11. The summed E-state index contributed by atoms with van der Waals surface area (Å²) in [5.41, 5.74) is -2.18. The summed E-state index contributed by atoms with van der Waals surface area (Å²) in [6, 6.07) is 25.6. The summed E-state index contributed by atoms with van der Waals surface area (Å²) >= 11 is 19.2. The van der Waals surface area contributed by atoms with Gasteiger partial charge in [-0.1, -0.05) is 83.3 Å². The van der Waals surface area contributed by atoms with Gasteiger partial charge in [-0.2, -0.15) is 26.7 Å². The number of nitrogens with zero attached hydrogens (tertiary/aromatic N) is 4. The van der Waals surface area contributed by atoms with E-state index in [1.807, 2.05) is 0 Å². The lowest BCUT2D eigenvalue weighted by atomic mass is 10.0. The fraction of sp³-hybridized carbons (Fsp3) is 0.0244. The Labute approximate surface area is 357 Å². The molecule has 0 saturated carbocycles. The number of alkyl halides is 3. The Balaban J connectivity index is 1.15. The predicted octanol–water partition coefficient (Wildman–Crippen LogP) is 13.0. The normalized spacial score (nSPS) is 12.1. The number of anilines is 2. The van der Waals surface area contributed by atoms with Crippen molar-refractivity contribution in [2.75, 3.05) is 10.6 Å². The van der Waals surface area contributed by atoms with Gasteiger partial charge in [0, 0.05) is 10.8 Å². The molecule has 0 saturated heterocycles. The number of nitrogens with one attached hydrogen (secondary N) is 2. The van der Waals surface area contributed by atoms with Crippen LogP contribution in [0.2, 0.25) is 15.1 Å². The van der Waals surface area contributed by atoms with Crippen molar-refractivity contribution in [3.8, 4) is 11.5 Å². The van der Waals surface area contributed by atoms with Gasteiger partial charge in [0.25, 0.3) is 21.9 Å². The maximum Gasteiger partial charge on any atom is 0.416 e. The number of phenolic OH excluding ortho intramolecular Hbond substituents is 2. The minimum absolute atomic E-state index is 0.0335. The molecule has 7 aromatic rings. The highest BCUT2D eigenvalue weighted by molar-refractivity contribution is 7.85.